The predicted octanol–water partition coefficient (Wildman–Crippen LogP) is -2.41. The van der Waals surface area contributed by atoms with E-state index in [1.54, 1.807) is 0 Å². The van der Waals surface area contributed by atoms with E-state index in [9.17, 15) is 86.3 Å². The van der Waals surface area contributed by atoms with Crippen LogP contribution in [0.3, 0.4) is 0 Å². The minimum atomic E-state index is -3.27. The summed E-state index contributed by atoms with van der Waals surface area (Å²) in [5.74, 6) is -27.8. The first-order valence-electron chi connectivity index (χ1n) is 39.8. The van der Waals surface area contributed by atoms with Gasteiger partial charge in [-0.1, -0.05) is 6.08 Å². The number of fused-ring (bicyclic) bond motifs is 1. The average Bonchev–Trinajstić information content (AvgIpc) is 0.731. The summed E-state index contributed by atoms with van der Waals surface area (Å²) in [5, 5.41) is 5.09. The van der Waals surface area contributed by atoms with Crippen LogP contribution >= 0.6 is 0 Å². The Bertz CT molecular complexity index is 4080. The van der Waals surface area contributed by atoms with Gasteiger partial charge in [-0.2, -0.15) is 0 Å². The maximum absolute atomic E-state index is 16.0. The molecule has 50 heteroatoms. The highest BCUT2D eigenvalue weighted by Crippen LogP contribution is 2.48. The fourth-order valence-corrected chi connectivity index (χ4v) is 15.0. The smallest absolute Gasteiger partial charge is 0.367 e. The third-order valence-electron chi connectivity index (χ3n) is 19.2. The second-order valence-corrected chi connectivity index (χ2v) is 29.9. The van der Waals surface area contributed by atoms with Gasteiger partial charge in [0.2, 0.25) is 17.6 Å². The Morgan fingerprint density at radius 1 is 0.406 bits per heavy atom. The molecule has 0 aliphatic carbocycles. The van der Waals surface area contributed by atoms with E-state index in [0.29, 0.717) is 0 Å². The first-order valence-corrected chi connectivity index (χ1v) is 39.8. The summed E-state index contributed by atoms with van der Waals surface area (Å²) in [7, 11) is 0. The quantitative estimate of drug-likeness (QED) is 0.0286. The topological polar surface area (TPSA) is 616 Å². The first kappa shape index (κ1) is 104. The second-order valence-electron chi connectivity index (χ2n) is 29.9. The molecule has 2 N–H and O–H groups in total. The van der Waals surface area contributed by atoms with E-state index in [4.69, 9.17) is 137 Å². The number of nitrogens with one attached hydrogen (secondary N) is 2. The van der Waals surface area contributed by atoms with Gasteiger partial charge >= 0.3 is 101 Å². The van der Waals surface area contributed by atoms with Crippen LogP contribution in [-0.2, 0) is 228 Å². The van der Waals surface area contributed by atoms with Gasteiger partial charge in [0.1, 0.15) is 81.9 Å². The summed E-state index contributed by atoms with van der Waals surface area (Å²) in [6, 6.07) is -3.89. The molecule has 30 atom stereocenters. The van der Waals surface area contributed by atoms with E-state index in [1.807, 2.05) is 0 Å². The molecule has 0 aromatic carbocycles. The molecule has 7 aliphatic rings. The number of ether oxygens (including phenoxy) is 29. The minimum absolute atomic E-state index is 0.354. The van der Waals surface area contributed by atoms with E-state index >= 15 is 4.79 Å². The molecule has 7 rings (SSSR count). The molecule has 0 aromatic rings. The van der Waals surface area contributed by atoms with E-state index in [0.717, 1.165) is 125 Å². The lowest BCUT2D eigenvalue weighted by atomic mass is 9.86. The number of carbonyl (C=O) groups is 19. The van der Waals surface area contributed by atoms with E-state index in [-0.39, 0.29) is 6.61 Å². The van der Waals surface area contributed by atoms with Crippen molar-refractivity contribution in [3.63, 3.8) is 0 Å². The van der Waals surface area contributed by atoms with Crippen molar-refractivity contribution in [1.82, 2.24) is 10.6 Å². The molecule has 128 heavy (non-hydrogen) atoms. The van der Waals surface area contributed by atoms with Crippen LogP contribution < -0.4 is 10.6 Å². The molecule has 0 saturated carbocycles. The molecule has 0 aromatic heterocycles. The van der Waals surface area contributed by atoms with Crippen LogP contribution in [0.1, 0.15) is 144 Å². The second kappa shape index (κ2) is 46.4. The molecule has 0 bridgehead atoms. The number of hydrogen-bond acceptors (Lipinski definition) is 48. The fraction of sp³-hybridized carbons (Fsp3) is 0.731. The lowest BCUT2D eigenvalue weighted by Gasteiger charge is -2.56. The summed E-state index contributed by atoms with van der Waals surface area (Å²) in [4.78, 5) is 255. The third-order valence-corrected chi connectivity index (χ3v) is 19.2. The van der Waals surface area contributed by atoms with Gasteiger partial charge in [0.25, 0.3) is 5.79 Å². The Kier molecular flexibility index (Phi) is 37.8. The molecule has 716 valence electrons. The van der Waals surface area contributed by atoms with Crippen LogP contribution in [0.4, 0.5) is 0 Å². The molecule has 7 saturated heterocycles. The molecule has 1 spiro atoms. The Morgan fingerprint density at radius 3 is 1.34 bits per heavy atom. The van der Waals surface area contributed by atoms with E-state index in [1.165, 1.54) is 13.0 Å². The molecule has 0 radical (unpaired) electrons. The van der Waals surface area contributed by atoms with Gasteiger partial charge in [0, 0.05) is 131 Å². The van der Waals surface area contributed by atoms with Crippen LogP contribution in [-0.4, -0.2) is 336 Å². The molecular weight excluding hydrogens is 1730 g/mol. The highest BCUT2D eigenvalue weighted by atomic mass is 16.9. The van der Waals surface area contributed by atoms with Crippen molar-refractivity contribution in [2.24, 2.45) is 0 Å². The first-order chi connectivity index (χ1) is 59.9. The van der Waals surface area contributed by atoms with Gasteiger partial charge in [-0.3, -0.25) is 86.3 Å². The van der Waals surface area contributed by atoms with E-state index < -0.39 is 342 Å². The predicted molar refractivity (Wildman–Crippen MR) is 401 cm³/mol. The van der Waals surface area contributed by atoms with Gasteiger partial charge in [0.15, 0.2) is 105 Å². The maximum atomic E-state index is 16.0. The largest absolute Gasteiger partial charge is 0.463 e. The van der Waals surface area contributed by atoms with Crippen LogP contribution in [0, 0.1) is 0 Å². The molecule has 7 aliphatic heterocycles. The van der Waals surface area contributed by atoms with Gasteiger partial charge in [-0.15, -0.1) is 6.58 Å². The number of esters is 17. The van der Waals surface area contributed by atoms with Crippen LogP contribution in [0.5, 0.6) is 0 Å². The number of rotatable bonds is 36. The zero-order chi connectivity index (χ0) is 95.4. The van der Waals surface area contributed by atoms with Gasteiger partial charge in [-0.05, 0) is 6.92 Å². The van der Waals surface area contributed by atoms with E-state index in [2.05, 4.69) is 17.2 Å². The summed E-state index contributed by atoms with van der Waals surface area (Å²) >= 11 is 0. The molecule has 2 amide bonds. The highest BCUT2D eigenvalue weighted by Gasteiger charge is 2.69. The van der Waals surface area contributed by atoms with Gasteiger partial charge in [-0.25, -0.2) is 4.79 Å². The lowest BCUT2D eigenvalue weighted by Crippen LogP contribution is -2.75. The summed E-state index contributed by atoms with van der Waals surface area (Å²) in [6.07, 6.45) is -55.0. The monoisotopic (exact) mass is 1840 g/mol. The number of carbonyl (C=O) groups excluding carboxylic acids is 19. The third kappa shape index (κ3) is 28.8. The van der Waals surface area contributed by atoms with Crippen LogP contribution in [0.15, 0.2) is 12.7 Å². The minimum Gasteiger partial charge on any atom is -0.463 e. The molecule has 50 nitrogen and oxygen atoms in total. The summed E-state index contributed by atoms with van der Waals surface area (Å²) < 4.78 is 176. The Labute approximate surface area is 730 Å². The van der Waals surface area contributed by atoms with Crippen LogP contribution in [0.2, 0.25) is 0 Å². The molecular formula is C78H106N2O48. The standard InChI is InChI=1S/C78H106N2O48/c1-21-22-100-72-67(115-46(18)96)65(114-45(17)95)60(53(117-72)27-103-35(7)85)122-74-70-66(127-78(76(99)124-70)24-50(107-38(10)88)56(80-32(4)82)62(126-78)58(110-41(13)91)51(108-39(11)89)25-101-33(5)83)61(54(118-74)28-104-36(8)86)121-71-49(79-31(3)81)23-77(125-48(20)98,55(120-71)29-105-37(9)87)128-75-69(64(113-44(16)94)59(111-42(14)92)52(119-75)26-102-34(6)84)123-73-68(116-47(19)97)63(112-43(15)93)57(30(2)106-73)109-40(12)90/h21,30,49-75H,1,22-29H2,2-20H3,(H,79,81)(H,80,82)/t30?,49?,50?,51-,52?,53?,54?,55?,56+,57+,58-,59+,60+,61+,62-,63-,64+,65+,66+,67?,68?,69?,70?,71+,72-,73+,74+,75+,77+,78+/m1/s1. The molecule has 11 unspecified atom stereocenters. The Morgan fingerprint density at radius 2 is 0.844 bits per heavy atom. The zero-order valence-electron chi connectivity index (χ0n) is 73.2. The summed E-state index contributed by atoms with van der Waals surface area (Å²) in [6.45, 7) is 15.9. The Hall–Kier alpha value is -10.8. The average molecular weight is 1840 g/mol. The van der Waals surface area contributed by atoms with Gasteiger partial charge < -0.3 is 148 Å². The van der Waals surface area contributed by atoms with Crippen molar-refractivity contribution < 1.29 is 228 Å². The highest BCUT2D eigenvalue weighted by molar-refractivity contribution is 5.80. The fourth-order valence-electron chi connectivity index (χ4n) is 15.0. The zero-order valence-corrected chi connectivity index (χ0v) is 73.2. The SMILES string of the molecule is C=CCO[C@@H]1OC(COC(C)=O)[C@H](O[C@@H]2OC(COC(C)=O)[C@H](O[C@@H]3OC(COC(C)=O)[C@@](OC(C)=O)(O[C@@H]4OC(COC(C)=O)[C@H](OC(C)=O)[C@H](OC(C)=O)C4O[C@@H]4OC(C)[C@H](OC(C)=O)[C@@H](OC(C)=O)C4OC(C)=O)CC3NC(C)=O)[C@@H]3O[C@@]4(CC(OC(C)=O)[C@H](NC(C)=O)[C@H]([C@H](OC(C)=O)[C@@H](COC(C)=O)OC(C)=O)O4)C(=O)OC23)[C@H](OC(C)=O)C1OC(C)=O. The maximum Gasteiger partial charge on any atom is 0.367 e. The van der Waals surface area contributed by atoms with Crippen molar-refractivity contribution in [2.75, 3.05) is 39.6 Å². The van der Waals surface area contributed by atoms with Crippen LogP contribution in [0.25, 0.3) is 0 Å². The van der Waals surface area contributed by atoms with Crippen molar-refractivity contribution >= 4 is 113 Å². The lowest BCUT2D eigenvalue weighted by molar-refractivity contribution is -0.436. The van der Waals surface area contributed by atoms with Crippen molar-refractivity contribution in [1.29, 1.82) is 0 Å². The number of hydrogen-bond donors (Lipinski definition) is 2. The van der Waals surface area contributed by atoms with Crippen molar-refractivity contribution in [2.45, 2.75) is 328 Å². The molecule has 7 fully saturated rings. The van der Waals surface area contributed by atoms with Gasteiger partial charge in [0.05, 0.1) is 31.2 Å². The number of amides is 2. The Balaban J connectivity index is 1.54. The van der Waals surface area contributed by atoms with Crippen molar-refractivity contribution in [3.8, 4) is 0 Å². The normalized spacial score (nSPS) is 33.4. The molecule has 7 heterocycles. The summed E-state index contributed by atoms with van der Waals surface area (Å²) in [5.41, 5.74) is 0. The van der Waals surface area contributed by atoms with Crippen molar-refractivity contribution in [3.05, 3.63) is 12.7 Å².